The first-order valence-electron chi connectivity index (χ1n) is 7.25. The first kappa shape index (κ1) is 16.9. The largest absolute Gasteiger partial charge is 0.481 e. The number of carbonyl (C=O) groups is 1. The van der Waals surface area contributed by atoms with Gasteiger partial charge in [-0.15, -0.1) is 0 Å². The number of sulfonamides is 1. The highest BCUT2D eigenvalue weighted by atomic mass is 32.2. The fourth-order valence-electron chi connectivity index (χ4n) is 2.71. The highest BCUT2D eigenvalue weighted by Gasteiger charge is 2.28. The number of ether oxygens (including phenoxy) is 1. The SMILES string of the molecule is COCc1cccc(S(=O)(=O)NC2CCC(C(=O)O)CC2)c1. The molecule has 0 spiro atoms. The third kappa shape index (κ3) is 4.28. The summed E-state index contributed by atoms with van der Waals surface area (Å²) in [7, 11) is -2.04. The Balaban J connectivity index is 2.02. The van der Waals surface area contributed by atoms with Gasteiger partial charge in [-0.2, -0.15) is 0 Å². The lowest BCUT2D eigenvalue weighted by atomic mass is 9.87. The molecule has 0 unspecified atom stereocenters. The number of benzene rings is 1. The molecule has 1 aliphatic rings. The first-order chi connectivity index (χ1) is 10.4. The highest BCUT2D eigenvalue weighted by molar-refractivity contribution is 7.89. The van der Waals surface area contributed by atoms with E-state index in [1.807, 2.05) is 0 Å². The Morgan fingerprint density at radius 2 is 2.00 bits per heavy atom. The Morgan fingerprint density at radius 1 is 1.32 bits per heavy atom. The van der Waals surface area contributed by atoms with Crippen molar-refractivity contribution in [1.82, 2.24) is 4.72 Å². The van der Waals surface area contributed by atoms with Crippen LogP contribution in [0, 0.1) is 5.92 Å². The van der Waals surface area contributed by atoms with Crippen LogP contribution in [0.5, 0.6) is 0 Å². The molecule has 2 N–H and O–H groups in total. The number of hydrogen-bond donors (Lipinski definition) is 2. The molecule has 2 rings (SSSR count). The van der Waals surface area contributed by atoms with Gasteiger partial charge >= 0.3 is 5.97 Å². The Bertz CT molecular complexity index is 621. The van der Waals surface area contributed by atoms with E-state index in [2.05, 4.69) is 4.72 Å². The summed E-state index contributed by atoms with van der Waals surface area (Å²) in [6.45, 7) is 0.354. The van der Waals surface area contributed by atoms with Gasteiger partial charge in [0.2, 0.25) is 10.0 Å². The molecule has 0 heterocycles. The third-order valence-corrected chi connectivity index (χ3v) is 5.44. The van der Waals surface area contributed by atoms with Crippen molar-refractivity contribution in [3.63, 3.8) is 0 Å². The zero-order chi connectivity index (χ0) is 16.2. The fraction of sp³-hybridized carbons (Fsp3) is 0.533. The van der Waals surface area contributed by atoms with Crippen molar-refractivity contribution >= 4 is 16.0 Å². The molecule has 0 radical (unpaired) electrons. The molecule has 0 saturated heterocycles. The molecule has 1 saturated carbocycles. The molecule has 1 aromatic carbocycles. The molecule has 0 amide bonds. The molecular formula is C15H21NO5S. The van der Waals surface area contributed by atoms with E-state index in [-0.39, 0.29) is 16.9 Å². The topological polar surface area (TPSA) is 92.7 Å². The van der Waals surface area contributed by atoms with Gasteiger partial charge in [-0.3, -0.25) is 4.79 Å². The zero-order valence-electron chi connectivity index (χ0n) is 12.5. The van der Waals surface area contributed by atoms with E-state index in [1.54, 1.807) is 31.4 Å². The van der Waals surface area contributed by atoms with Crippen LogP contribution in [0.3, 0.4) is 0 Å². The minimum Gasteiger partial charge on any atom is -0.481 e. The Labute approximate surface area is 130 Å². The minimum atomic E-state index is -3.59. The summed E-state index contributed by atoms with van der Waals surface area (Å²) in [6, 6.07) is 6.43. The smallest absolute Gasteiger partial charge is 0.306 e. The minimum absolute atomic E-state index is 0.202. The van der Waals surface area contributed by atoms with Gasteiger partial charge < -0.3 is 9.84 Å². The molecule has 1 aliphatic carbocycles. The summed E-state index contributed by atoms with van der Waals surface area (Å²) in [4.78, 5) is 11.1. The lowest BCUT2D eigenvalue weighted by molar-refractivity contribution is -0.142. The second-order valence-corrected chi connectivity index (χ2v) is 7.30. The summed E-state index contributed by atoms with van der Waals surface area (Å²) in [5, 5.41) is 8.97. The molecule has 22 heavy (non-hydrogen) atoms. The number of nitrogens with one attached hydrogen (secondary N) is 1. The third-order valence-electron chi connectivity index (χ3n) is 3.92. The maximum absolute atomic E-state index is 12.4. The van der Waals surface area contributed by atoms with Crippen molar-refractivity contribution in [2.75, 3.05) is 7.11 Å². The number of carboxylic acid groups (broad SMARTS) is 1. The molecule has 0 atom stereocenters. The van der Waals surface area contributed by atoms with E-state index in [0.717, 1.165) is 5.56 Å². The average molecular weight is 327 g/mol. The number of methoxy groups -OCH3 is 1. The lowest BCUT2D eigenvalue weighted by Gasteiger charge is -2.26. The van der Waals surface area contributed by atoms with Gasteiger partial charge in [0, 0.05) is 13.2 Å². The first-order valence-corrected chi connectivity index (χ1v) is 8.73. The van der Waals surface area contributed by atoms with E-state index < -0.39 is 16.0 Å². The molecule has 1 fully saturated rings. The predicted octanol–water partition coefficient (Wildman–Crippen LogP) is 1.75. The van der Waals surface area contributed by atoms with Gasteiger partial charge in [-0.05, 0) is 43.4 Å². The van der Waals surface area contributed by atoms with Crippen molar-refractivity contribution in [2.24, 2.45) is 5.92 Å². The highest BCUT2D eigenvalue weighted by Crippen LogP contribution is 2.25. The van der Waals surface area contributed by atoms with Crippen molar-refractivity contribution in [2.45, 2.75) is 43.2 Å². The molecule has 0 bridgehead atoms. The number of carboxylic acids is 1. The van der Waals surface area contributed by atoms with Crippen molar-refractivity contribution in [1.29, 1.82) is 0 Å². The van der Waals surface area contributed by atoms with Crippen LogP contribution in [-0.2, 0) is 26.2 Å². The Hall–Kier alpha value is -1.44. The molecule has 6 nitrogen and oxygen atoms in total. The lowest BCUT2D eigenvalue weighted by Crippen LogP contribution is -2.38. The summed E-state index contributed by atoms with van der Waals surface area (Å²) < 4.78 is 32.5. The fourth-order valence-corrected chi connectivity index (χ4v) is 4.09. The van der Waals surface area contributed by atoms with Crippen LogP contribution in [0.25, 0.3) is 0 Å². The number of aliphatic carboxylic acids is 1. The summed E-state index contributed by atoms with van der Waals surface area (Å²) in [5.41, 5.74) is 0.792. The van der Waals surface area contributed by atoms with E-state index in [4.69, 9.17) is 9.84 Å². The quantitative estimate of drug-likeness (QED) is 0.830. The summed E-state index contributed by atoms with van der Waals surface area (Å²) >= 11 is 0. The second kappa shape index (κ2) is 7.21. The standard InChI is InChI=1S/C15H21NO5S/c1-21-10-11-3-2-4-14(9-11)22(19,20)16-13-7-5-12(6-8-13)15(17)18/h2-4,9,12-13,16H,5-8,10H2,1H3,(H,17,18). The van der Waals surface area contributed by atoms with Gasteiger partial charge in [0.15, 0.2) is 0 Å². The average Bonchev–Trinajstić information content (AvgIpc) is 2.48. The van der Waals surface area contributed by atoms with Crippen LogP contribution in [0.1, 0.15) is 31.2 Å². The van der Waals surface area contributed by atoms with Gasteiger partial charge in [-0.1, -0.05) is 12.1 Å². The Kier molecular flexibility index (Phi) is 5.55. The monoisotopic (exact) mass is 327 g/mol. The van der Waals surface area contributed by atoms with E-state index in [9.17, 15) is 13.2 Å². The molecular weight excluding hydrogens is 306 g/mol. The van der Waals surface area contributed by atoms with Crippen molar-refractivity contribution < 1.29 is 23.1 Å². The predicted molar refractivity (Wildman–Crippen MR) is 80.9 cm³/mol. The van der Waals surface area contributed by atoms with Crippen LogP contribution < -0.4 is 4.72 Å². The molecule has 0 aromatic heterocycles. The molecule has 7 heteroatoms. The van der Waals surface area contributed by atoms with E-state index in [1.165, 1.54) is 0 Å². The van der Waals surface area contributed by atoms with Gasteiger partial charge in [0.25, 0.3) is 0 Å². The van der Waals surface area contributed by atoms with Gasteiger partial charge in [-0.25, -0.2) is 13.1 Å². The van der Waals surface area contributed by atoms with E-state index in [0.29, 0.717) is 32.3 Å². The maximum atomic E-state index is 12.4. The van der Waals surface area contributed by atoms with Crippen molar-refractivity contribution in [3.8, 4) is 0 Å². The Morgan fingerprint density at radius 3 is 2.59 bits per heavy atom. The number of hydrogen-bond acceptors (Lipinski definition) is 4. The van der Waals surface area contributed by atoms with Crippen LogP contribution in [0.15, 0.2) is 29.2 Å². The van der Waals surface area contributed by atoms with Crippen LogP contribution in [0.4, 0.5) is 0 Å². The van der Waals surface area contributed by atoms with Crippen LogP contribution in [0.2, 0.25) is 0 Å². The van der Waals surface area contributed by atoms with Crippen LogP contribution in [-0.4, -0.2) is 32.6 Å². The molecule has 122 valence electrons. The number of rotatable bonds is 6. The molecule has 0 aliphatic heterocycles. The zero-order valence-corrected chi connectivity index (χ0v) is 13.3. The van der Waals surface area contributed by atoms with E-state index >= 15 is 0 Å². The van der Waals surface area contributed by atoms with Crippen molar-refractivity contribution in [3.05, 3.63) is 29.8 Å². The normalized spacial score (nSPS) is 22.4. The van der Waals surface area contributed by atoms with Gasteiger partial charge in [0.1, 0.15) is 0 Å². The molecule has 1 aromatic rings. The van der Waals surface area contributed by atoms with Crippen LogP contribution >= 0.6 is 0 Å². The maximum Gasteiger partial charge on any atom is 0.306 e. The second-order valence-electron chi connectivity index (χ2n) is 5.59. The summed E-state index contributed by atoms with van der Waals surface area (Å²) in [6.07, 6.45) is 2.11. The summed E-state index contributed by atoms with van der Waals surface area (Å²) in [5.74, 6) is -1.15. The van der Waals surface area contributed by atoms with Gasteiger partial charge in [0.05, 0.1) is 17.4 Å².